The van der Waals surface area contributed by atoms with Crippen LogP contribution >= 0.6 is 11.6 Å². The van der Waals surface area contributed by atoms with Crippen molar-refractivity contribution in [3.05, 3.63) is 74.6 Å². The van der Waals surface area contributed by atoms with Gasteiger partial charge in [0.2, 0.25) is 0 Å². The van der Waals surface area contributed by atoms with Gasteiger partial charge in [0.1, 0.15) is 11.0 Å². The summed E-state index contributed by atoms with van der Waals surface area (Å²) in [4.78, 5) is 18.4. The molecule has 0 bridgehead atoms. The van der Waals surface area contributed by atoms with E-state index in [9.17, 15) is 10.1 Å². The van der Waals surface area contributed by atoms with Crippen molar-refractivity contribution in [2.24, 2.45) is 0 Å². The molecule has 1 aliphatic rings. The van der Waals surface area contributed by atoms with Gasteiger partial charge in [0.15, 0.2) is 0 Å². The monoisotopic (exact) mass is 384 g/mol. The first kappa shape index (κ1) is 18.8. The van der Waals surface area contributed by atoms with Gasteiger partial charge < -0.3 is 0 Å². The fraction of sp³-hybridized carbons (Fsp3) is 0.278. The first-order chi connectivity index (χ1) is 13.0. The van der Waals surface area contributed by atoms with Crippen LogP contribution in [0.25, 0.3) is 0 Å². The predicted molar refractivity (Wildman–Crippen MR) is 99.7 cm³/mol. The Hall–Kier alpha value is -3.02. The van der Waals surface area contributed by atoms with Gasteiger partial charge in [-0.2, -0.15) is 5.26 Å². The molecule has 0 aliphatic carbocycles. The second kappa shape index (κ2) is 8.12. The zero-order chi connectivity index (χ0) is 19.4. The number of nitro groups is 1. The van der Waals surface area contributed by atoms with E-state index < -0.39 is 6.29 Å². The SMILES string of the molecule is N#Cc1cccc(CCN2C(=N)CN(Cc3ccc(Cl)nc3)C2[N+](=O)[O-])c1. The third kappa shape index (κ3) is 4.39. The van der Waals surface area contributed by atoms with Crippen LogP contribution in [0.1, 0.15) is 16.7 Å². The van der Waals surface area contributed by atoms with Gasteiger partial charge in [-0.15, -0.1) is 0 Å². The lowest BCUT2D eigenvalue weighted by Crippen LogP contribution is -2.46. The Labute approximate surface area is 161 Å². The van der Waals surface area contributed by atoms with E-state index >= 15 is 0 Å². The Kier molecular flexibility index (Phi) is 5.64. The maximum Gasteiger partial charge on any atom is 0.350 e. The van der Waals surface area contributed by atoms with Crippen molar-refractivity contribution in [1.82, 2.24) is 14.8 Å². The zero-order valence-electron chi connectivity index (χ0n) is 14.4. The van der Waals surface area contributed by atoms with E-state index in [1.54, 1.807) is 41.4 Å². The molecule has 1 aliphatic heterocycles. The first-order valence-electron chi connectivity index (χ1n) is 8.29. The lowest BCUT2D eigenvalue weighted by Gasteiger charge is -2.23. The molecule has 138 valence electrons. The smallest absolute Gasteiger partial charge is 0.287 e. The number of benzene rings is 1. The van der Waals surface area contributed by atoms with E-state index in [0.717, 1.165) is 11.1 Å². The van der Waals surface area contributed by atoms with Crippen molar-refractivity contribution < 1.29 is 4.92 Å². The minimum absolute atomic E-state index is 0.187. The van der Waals surface area contributed by atoms with Crippen LogP contribution < -0.4 is 0 Å². The van der Waals surface area contributed by atoms with Gasteiger partial charge in [-0.3, -0.25) is 20.4 Å². The number of pyridine rings is 1. The summed E-state index contributed by atoms with van der Waals surface area (Å²) in [7, 11) is 0. The van der Waals surface area contributed by atoms with Crippen LogP contribution in [-0.4, -0.2) is 44.9 Å². The molecule has 0 radical (unpaired) electrons. The molecule has 1 unspecified atom stereocenters. The molecule has 2 heterocycles. The van der Waals surface area contributed by atoms with Crippen molar-refractivity contribution >= 4 is 17.4 Å². The van der Waals surface area contributed by atoms with E-state index in [2.05, 4.69) is 11.1 Å². The number of amidine groups is 1. The highest BCUT2D eigenvalue weighted by atomic mass is 35.5. The molecule has 0 spiro atoms. The fourth-order valence-electron chi connectivity index (χ4n) is 3.12. The topological polar surface area (TPSA) is 110 Å². The number of rotatable bonds is 6. The summed E-state index contributed by atoms with van der Waals surface area (Å²) in [5.74, 6) is 0.204. The normalized spacial score (nSPS) is 17.1. The Morgan fingerprint density at radius 2 is 2.19 bits per heavy atom. The molecule has 1 aromatic carbocycles. The largest absolute Gasteiger partial charge is 0.350 e. The molecule has 1 aromatic heterocycles. The molecule has 27 heavy (non-hydrogen) atoms. The van der Waals surface area contributed by atoms with Crippen LogP contribution in [0.2, 0.25) is 5.15 Å². The Balaban J connectivity index is 1.72. The van der Waals surface area contributed by atoms with Crippen molar-refractivity contribution in [3.8, 4) is 6.07 Å². The van der Waals surface area contributed by atoms with E-state index in [4.69, 9.17) is 22.3 Å². The lowest BCUT2D eigenvalue weighted by molar-refractivity contribution is -0.569. The third-order valence-corrected chi connectivity index (χ3v) is 4.59. The number of nitrogens with one attached hydrogen (secondary N) is 1. The number of nitriles is 1. The zero-order valence-corrected chi connectivity index (χ0v) is 15.1. The maximum absolute atomic E-state index is 11.7. The molecular weight excluding hydrogens is 368 g/mol. The molecule has 1 atom stereocenters. The second-order valence-electron chi connectivity index (χ2n) is 6.23. The molecule has 1 N–H and O–H groups in total. The highest BCUT2D eigenvalue weighted by Gasteiger charge is 2.43. The van der Waals surface area contributed by atoms with Gasteiger partial charge in [-0.05, 0) is 35.7 Å². The van der Waals surface area contributed by atoms with Crippen LogP contribution in [0.5, 0.6) is 0 Å². The van der Waals surface area contributed by atoms with Gasteiger partial charge in [0, 0.05) is 19.3 Å². The van der Waals surface area contributed by atoms with E-state index in [1.807, 2.05) is 6.07 Å². The molecular formula is C18H17ClN6O2. The van der Waals surface area contributed by atoms with Crippen LogP contribution in [0.3, 0.4) is 0 Å². The van der Waals surface area contributed by atoms with Crippen molar-refractivity contribution in [3.63, 3.8) is 0 Å². The van der Waals surface area contributed by atoms with Gasteiger partial charge in [-0.25, -0.2) is 9.88 Å². The van der Waals surface area contributed by atoms with E-state index in [1.165, 1.54) is 4.90 Å². The molecule has 3 rings (SSSR count). The number of hydrogen-bond acceptors (Lipinski definition) is 6. The molecule has 1 fully saturated rings. The molecule has 0 saturated carbocycles. The fourth-order valence-corrected chi connectivity index (χ4v) is 3.23. The molecule has 2 aromatic rings. The summed E-state index contributed by atoms with van der Waals surface area (Å²) in [6.07, 6.45) is 0.991. The van der Waals surface area contributed by atoms with Crippen LogP contribution in [0.4, 0.5) is 0 Å². The molecule has 1 saturated heterocycles. The molecule has 8 nitrogen and oxygen atoms in total. The number of halogens is 1. The third-order valence-electron chi connectivity index (χ3n) is 4.37. The van der Waals surface area contributed by atoms with Gasteiger partial charge >= 0.3 is 6.29 Å². The Morgan fingerprint density at radius 1 is 1.37 bits per heavy atom. The number of nitrogens with zero attached hydrogens (tertiary/aromatic N) is 5. The van der Waals surface area contributed by atoms with Crippen molar-refractivity contribution in [2.75, 3.05) is 13.1 Å². The lowest BCUT2D eigenvalue weighted by atomic mass is 10.1. The summed E-state index contributed by atoms with van der Waals surface area (Å²) in [5, 5.41) is 29.2. The number of hydrogen-bond donors (Lipinski definition) is 1. The highest BCUT2D eigenvalue weighted by Crippen LogP contribution is 2.21. The average molecular weight is 385 g/mol. The van der Waals surface area contributed by atoms with E-state index in [0.29, 0.717) is 30.2 Å². The minimum atomic E-state index is -1.10. The molecule has 0 amide bonds. The van der Waals surface area contributed by atoms with Gasteiger partial charge in [0.25, 0.3) is 0 Å². The van der Waals surface area contributed by atoms with Crippen molar-refractivity contribution in [1.29, 1.82) is 10.7 Å². The average Bonchev–Trinajstić information content (AvgIpc) is 2.97. The second-order valence-corrected chi connectivity index (χ2v) is 6.62. The van der Waals surface area contributed by atoms with Crippen LogP contribution in [0.15, 0.2) is 42.6 Å². The summed E-state index contributed by atoms with van der Waals surface area (Å²) >= 11 is 5.78. The minimum Gasteiger partial charge on any atom is -0.287 e. The maximum atomic E-state index is 11.7. The first-order valence-corrected chi connectivity index (χ1v) is 8.67. The summed E-state index contributed by atoms with van der Waals surface area (Å²) in [6, 6.07) is 12.6. The quantitative estimate of drug-likeness (QED) is 0.465. The summed E-state index contributed by atoms with van der Waals surface area (Å²) in [5.41, 5.74) is 2.25. The highest BCUT2D eigenvalue weighted by molar-refractivity contribution is 6.29. The Morgan fingerprint density at radius 3 is 2.85 bits per heavy atom. The van der Waals surface area contributed by atoms with Gasteiger partial charge in [-0.1, -0.05) is 29.8 Å². The molecule has 9 heteroatoms. The van der Waals surface area contributed by atoms with E-state index in [-0.39, 0.29) is 17.3 Å². The standard InChI is InChI=1S/C18H17ClN6O2/c19-16-5-4-15(10-22-16)11-23-12-17(21)24(18(23)25(26)27)7-6-13-2-1-3-14(8-13)9-20/h1-5,8,10,18,21H,6-7,11-12H2. The van der Waals surface area contributed by atoms with Crippen LogP contribution in [-0.2, 0) is 13.0 Å². The van der Waals surface area contributed by atoms with Gasteiger partial charge in [0.05, 0.1) is 23.1 Å². The summed E-state index contributed by atoms with van der Waals surface area (Å²) < 4.78 is 0. The predicted octanol–water partition coefficient (Wildman–Crippen LogP) is 2.50. The summed E-state index contributed by atoms with van der Waals surface area (Å²) in [6.45, 7) is 0.819. The Bertz CT molecular complexity index is 895. The number of aromatic nitrogens is 1. The van der Waals surface area contributed by atoms with Crippen molar-refractivity contribution in [2.45, 2.75) is 19.3 Å². The van der Waals surface area contributed by atoms with Crippen LogP contribution in [0, 0.1) is 26.9 Å².